The molecule has 2 aromatic carbocycles. The molecule has 0 radical (unpaired) electrons. The molecule has 0 unspecified atom stereocenters. The van der Waals surface area contributed by atoms with Crippen LogP contribution in [-0.4, -0.2) is 27.2 Å². The Bertz CT molecular complexity index is 1180. The Morgan fingerprint density at radius 2 is 1.77 bits per heavy atom. The van der Waals surface area contributed by atoms with Gasteiger partial charge in [0.1, 0.15) is 18.0 Å². The number of carbonyl (C=O) groups excluding carboxylic acids is 1. The molecule has 30 heavy (non-hydrogen) atoms. The molecule has 0 atom stereocenters. The van der Waals surface area contributed by atoms with Gasteiger partial charge in [-0.3, -0.25) is 4.79 Å². The fourth-order valence-electron chi connectivity index (χ4n) is 3.36. The van der Waals surface area contributed by atoms with Gasteiger partial charge in [0.25, 0.3) is 5.91 Å². The molecule has 5 heteroatoms. The number of nitrogens with zero attached hydrogens (tertiary/aromatic N) is 3. The number of pyridine rings is 1. The number of ether oxygens (including phenoxy) is 1. The molecule has 5 nitrogen and oxygen atoms in total. The van der Waals surface area contributed by atoms with Crippen molar-refractivity contribution in [2.45, 2.75) is 27.0 Å². The van der Waals surface area contributed by atoms with E-state index in [4.69, 9.17) is 4.74 Å². The average molecular weight is 399 g/mol. The number of hydrogen-bond donors (Lipinski definition) is 0. The van der Waals surface area contributed by atoms with Gasteiger partial charge in [-0.1, -0.05) is 42.0 Å². The molecule has 1 amide bonds. The van der Waals surface area contributed by atoms with Gasteiger partial charge in [0, 0.05) is 31.5 Å². The molecule has 4 rings (SSSR count). The summed E-state index contributed by atoms with van der Waals surface area (Å²) in [4.78, 5) is 19.1. The summed E-state index contributed by atoms with van der Waals surface area (Å²) in [6.45, 7) is 5.01. The van der Waals surface area contributed by atoms with E-state index in [9.17, 15) is 4.79 Å². The van der Waals surface area contributed by atoms with Crippen molar-refractivity contribution >= 4 is 11.6 Å². The second kappa shape index (κ2) is 8.41. The van der Waals surface area contributed by atoms with Crippen LogP contribution in [0.25, 0.3) is 5.65 Å². The lowest BCUT2D eigenvalue weighted by atomic mass is 10.1. The molecular weight excluding hydrogens is 374 g/mol. The molecule has 0 bridgehead atoms. The minimum Gasteiger partial charge on any atom is -0.487 e. The zero-order chi connectivity index (χ0) is 21.1. The van der Waals surface area contributed by atoms with E-state index in [1.165, 1.54) is 11.1 Å². The van der Waals surface area contributed by atoms with E-state index in [0.29, 0.717) is 24.5 Å². The van der Waals surface area contributed by atoms with E-state index in [0.717, 1.165) is 16.9 Å². The van der Waals surface area contributed by atoms with Crippen LogP contribution in [-0.2, 0) is 13.2 Å². The fourth-order valence-corrected chi connectivity index (χ4v) is 3.36. The van der Waals surface area contributed by atoms with Crippen molar-refractivity contribution in [3.63, 3.8) is 0 Å². The van der Waals surface area contributed by atoms with Gasteiger partial charge < -0.3 is 14.0 Å². The van der Waals surface area contributed by atoms with Gasteiger partial charge >= 0.3 is 0 Å². The maximum Gasteiger partial charge on any atom is 0.254 e. The summed E-state index contributed by atoms with van der Waals surface area (Å²) < 4.78 is 7.90. The number of amides is 1. The number of rotatable bonds is 6. The Labute approximate surface area is 176 Å². The number of hydrogen-bond acceptors (Lipinski definition) is 3. The molecule has 0 saturated carbocycles. The maximum absolute atomic E-state index is 12.8. The predicted molar refractivity (Wildman–Crippen MR) is 118 cm³/mol. The number of aryl methyl sites for hydroxylation is 2. The molecule has 152 valence electrons. The monoisotopic (exact) mass is 399 g/mol. The molecule has 0 aliphatic rings. The highest BCUT2D eigenvalue weighted by Crippen LogP contribution is 2.18. The van der Waals surface area contributed by atoms with E-state index < -0.39 is 0 Å². The van der Waals surface area contributed by atoms with Crippen molar-refractivity contribution in [2.24, 2.45) is 0 Å². The Balaban J connectivity index is 1.42. The van der Waals surface area contributed by atoms with Crippen LogP contribution in [0.5, 0.6) is 5.75 Å². The van der Waals surface area contributed by atoms with Gasteiger partial charge in [-0.2, -0.15) is 0 Å². The second-order valence-electron chi connectivity index (χ2n) is 7.67. The summed E-state index contributed by atoms with van der Waals surface area (Å²) in [5, 5.41) is 0. The van der Waals surface area contributed by atoms with Gasteiger partial charge in [-0.25, -0.2) is 4.98 Å². The van der Waals surface area contributed by atoms with Crippen LogP contribution in [0, 0.1) is 13.8 Å². The van der Waals surface area contributed by atoms with Crippen LogP contribution in [0.15, 0.2) is 73.1 Å². The van der Waals surface area contributed by atoms with E-state index in [1.54, 1.807) is 11.0 Å². The standard InChI is InChI=1S/C25H25N3O2/c1-18-7-10-20(11-8-18)15-27(3)25(29)21-5-4-6-23(13-21)30-17-22-16-28-14-19(2)9-12-24(28)26-22/h4-14,16H,15,17H2,1-3H3. The first kappa shape index (κ1) is 19.7. The third-order valence-corrected chi connectivity index (χ3v) is 5.00. The van der Waals surface area contributed by atoms with Gasteiger partial charge in [-0.15, -0.1) is 0 Å². The highest BCUT2D eigenvalue weighted by molar-refractivity contribution is 5.94. The second-order valence-corrected chi connectivity index (χ2v) is 7.67. The molecule has 0 aliphatic carbocycles. The Morgan fingerprint density at radius 3 is 2.57 bits per heavy atom. The summed E-state index contributed by atoms with van der Waals surface area (Å²) in [6, 6.07) is 19.5. The van der Waals surface area contributed by atoms with E-state index >= 15 is 0 Å². The normalized spacial score (nSPS) is 10.9. The van der Waals surface area contributed by atoms with E-state index in [1.807, 2.05) is 61.1 Å². The Morgan fingerprint density at radius 1 is 1.00 bits per heavy atom. The predicted octanol–water partition coefficient (Wildman–Crippen LogP) is 4.80. The molecule has 0 spiro atoms. The Kier molecular flexibility index (Phi) is 5.53. The Hall–Kier alpha value is -3.60. The largest absolute Gasteiger partial charge is 0.487 e. The number of benzene rings is 2. The van der Waals surface area contributed by atoms with Crippen LogP contribution >= 0.6 is 0 Å². The molecule has 0 saturated heterocycles. The molecule has 2 aromatic heterocycles. The number of imidazole rings is 1. The quantitative estimate of drug-likeness (QED) is 0.468. The third kappa shape index (κ3) is 4.51. The summed E-state index contributed by atoms with van der Waals surface area (Å²) in [5.74, 6) is 0.613. The lowest BCUT2D eigenvalue weighted by Crippen LogP contribution is -2.26. The molecule has 0 fully saturated rings. The number of carbonyl (C=O) groups is 1. The first-order chi connectivity index (χ1) is 14.5. The van der Waals surface area contributed by atoms with Crippen molar-refractivity contribution in [2.75, 3.05) is 7.05 Å². The maximum atomic E-state index is 12.8. The zero-order valence-corrected chi connectivity index (χ0v) is 17.5. The zero-order valence-electron chi connectivity index (χ0n) is 17.5. The molecule has 0 N–H and O–H groups in total. The van der Waals surface area contributed by atoms with Crippen LogP contribution in [0.3, 0.4) is 0 Å². The van der Waals surface area contributed by atoms with Gasteiger partial charge in [-0.05, 0) is 49.2 Å². The first-order valence-corrected chi connectivity index (χ1v) is 9.96. The van der Waals surface area contributed by atoms with Crippen molar-refractivity contribution in [3.8, 4) is 5.75 Å². The summed E-state index contributed by atoms with van der Waals surface area (Å²) >= 11 is 0. The van der Waals surface area contributed by atoms with E-state index in [2.05, 4.69) is 36.2 Å². The SMILES string of the molecule is Cc1ccc(CN(C)C(=O)c2cccc(OCc3cn4cc(C)ccc4n3)c2)cc1. The van der Waals surface area contributed by atoms with Crippen molar-refractivity contribution in [3.05, 3.63) is 101 Å². The molecule has 4 aromatic rings. The van der Waals surface area contributed by atoms with Crippen LogP contribution < -0.4 is 4.74 Å². The minimum atomic E-state index is -0.0377. The summed E-state index contributed by atoms with van der Waals surface area (Å²) in [7, 11) is 1.81. The summed E-state index contributed by atoms with van der Waals surface area (Å²) in [6.07, 6.45) is 4.00. The summed E-state index contributed by atoms with van der Waals surface area (Å²) in [5.41, 5.74) is 5.82. The lowest BCUT2D eigenvalue weighted by molar-refractivity contribution is 0.0784. The van der Waals surface area contributed by atoms with Crippen molar-refractivity contribution in [1.29, 1.82) is 0 Å². The molecular formula is C25H25N3O2. The minimum absolute atomic E-state index is 0.0377. The van der Waals surface area contributed by atoms with Crippen molar-refractivity contribution in [1.82, 2.24) is 14.3 Å². The number of fused-ring (bicyclic) bond motifs is 1. The highest BCUT2D eigenvalue weighted by atomic mass is 16.5. The average Bonchev–Trinajstić information content (AvgIpc) is 3.15. The molecule has 2 heterocycles. The van der Waals surface area contributed by atoms with Crippen molar-refractivity contribution < 1.29 is 9.53 Å². The first-order valence-electron chi connectivity index (χ1n) is 9.96. The smallest absolute Gasteiger partial charge is 0.254 e. The fraction of sp³-hybridized carbons (Fsp3) is 0.200. The van der Waals surface area contributed by atoms with Crippen LogP contribution in [0.1, 0.15) is 32.7 Å². The highest BCUT2D eigenvalue weighted by Gasteiger charge is 2.13. The van der Waals surface area contributed by atoms with Gasteiger partial charge in [0.15, 0.2) is 0 Å². The van der Waals surface area contributed by atoms with E-state index in [-0.39, 0.29) is 5.91 Å². The number of aromatic nitrogens is 2. The topological polar surface area (TPSA) is 46.8 Å². The van der Waals surface area contributed by atoms with Crippen LogP contribution in [0.2, 0.25) is 0 Å². The lowest BCUT2D eigenvalue weighted by Gasteiger charge is -2.18. The van der Waals surface area contributed by atoms with Gasteiger partial charge in [0.05, 0.1) is 5.69 Å². The third-order valence-electron chi connectivity index (χ3n) is 5.00. The molecule has 0 aliphatic heterocycles. The van der Waals surface area contributed by atoms with Gasteiger partial charge in [0.2, 0.25) is 0 Å². The van der Waals surface area contributed by atoms with Crippen LogP contribution in [0.4, 0.5) is 0 Å².